The number of halogens is 3. The lowest BCUT2D eigenvalue weighted by Gasteiger charge is -2.37. The second kappa shape index (κ2) is 3.69. The lowest BCUT2D eigenvalue weighted by Crippen LogP contribution is -2.42. The zero-order chi connectivity index (χ0) is 12.0. The lowest BCUT2D eigenvalue weighted by molar-refractivity contribution is -0.149. The first-order valence-corrected chi connectivity index (χ1v) is 5.79. The Balaban J connectivity index is 2.04. The van der Waals surface area contributed by atoms with E-state index < -0.39 is 12.0 Å². The van der Waals surface area contributed by atoms with Crippen molar-refractivity contribution in [3.8, 4) is 0 Å². The molecule has 0 aromatic carbocycles. The molecule has 0 saturated carbocycles. The van der Waals surface area contributed by atoms with Crippen molar-refractivity contribution >= 4 is 0 Å². The van der Waals surface area contributed by atoms with E-state index in [4.69, 9.17) is 0 Å². The van der Waals surface area contributed by atoms with Crippen LogP contribution in [0.15, 0.2) is 0 Å². The van der Waals surface area contributed by atoms with Crippen molar-refractivity contribution < 1.29 is 13.2 Å². The first-order valence-electron chi connectivity index (χ1n) is 5.79. The number of hydrogen-bond acceptors (Lipinski definition) is 3. The molecule has 17 heavy (non-hydrogen) atoms. The quantitative estimate of drug-likeness (QED) is 0.752. The number of aryl methyl sites for hydroxylation is 1. The van der Waals surface area contributed by atoms with Gasteiger partial charge in [0.2, 0.25) is 5.82 Å². The third kappa shape index (κ3) is 1.72. The molecule has 2 aliphatic heterocycles. The van der Waals surface area contributed by atoms with Gasteiger partial charge in [0.25, 0.3) is 0 Å². The number of fused-ring (bicyclic) bond motifs is 3. The number of hydrogen-bond donors (Lipinski definition) is 1. The normalized spacial score (nSPS) is 28.6. The van der Waals surface area contributed by atoms with Crippen LogP contribution in [0.5, 0.6) is 0 Å². The second-order valence-electron chi connectivity index (χ2n) is 4.67. The highest BCUT2D eigenvalue weighted by Crippen LogP contribution is 2.38. The van der Waals surface area contributed by atoms with Gasteiger partial charge in [0.15, 0.2) is 0 Å². The van der Waals surface area contributed by atoms with E-state index in [9.17, 15) is 13.2 Å². The highest BCUT2D eigenvalue weighted by Gasteiger charge is 2.43. The van der Waals surface area contributed by atoms with Crippen LogP contribution in [0.1, 0.15) is 30.5 Å². The molecule has 7 heteroatoms. The van der Waals surface area contributed by atoms with Gasteiger partial charge in [0.05, 0.1) is 0 Å². The molecule has 1 saturated heterocycles. The minimum absolute atomic E-state index is 0.0911. The van der Waals surface area contributed by atoms with Crippen molar-refractivity contribution in [1.29, 1.82) is 0 Å². The molecule has 0 bridgehead atoms. The van der Waals surface area contributed by atoms with Crippen molar-refractivity contribution in [1.82, 2.24) is 20.1 Å². The Hall–Kier alpha value is -1.11. The van der Waals surface area contributed by atoms with Crippen LogP contribution in [-0.4, -0.2) is 27.9 Å². The number of rotatable bonds is 0. The molecular weight excluding hydrogens is 233 g/mol. The minimum Gasteiger partial charge on any atom is -0.316 e. The maximum absolute atomic E-state index is 12.8. The molecule has 1 aromatic rings. The van der Waals surface area contributed by atoms with Crippen LogP contribution in [0.4, 0.5) is 13.2 Å². The lowest BCUT2D eigenvalue weighted by atomic mass is 9.86. The number of aromatic nitrogens is 3. The molecule has 1 fully saturated rings. The Kier molecular flexibility index (Phi) is 2.39. The van der Waals surface area contributed by atoms with Crippen molar-refractivity contribution in [3.05, 3.63) is 11.6 Å². The maximum Gasteiger partial charge on any atom is 0.451 e. The molecule has 1 aromatic heterocycles. The SMILES string of the molecule is FC(F)(F)c1nnc2n1[C@@H]1CCNC[C@@H]1CC2. The Labute approximate surface area is 96.2 Å². The molecule has 1 N–H and O–H groups in total. The van der Waals surface area contributed by atoms with E-state index in [1.807, 2.05) is 0 Å². The Morgan fingerprint density at radius 2 is 2.06 bits per heavy atom. The average Bonchev–Trinajstić information content (AvgIpc) is 2.72. The molecule has 94 valence electrons. The predicted molar refractivity (Wildman–Crippen MR) is 53.4 cm³/mol. The van der Waals surface area contributed by atoms with Gasteiger partial charge in [0, 0.05) is 12.5 Å². The number of nitrogens with one attached hydrogen (secondary N) is 1. The summed E-state index contributed by atoms with van der Waals surface area (Å²) < 4.78 is 39.8. The molecule has 3 heterocycles. The van der Waals surface area contributed by atoms with E-state index >= 15 is 0 Å². The van der Waals surface area contributed by atoms with Crippen LogP contribution in [0, 0.1) is 5.92 Å². The van der Waals surface area contributed by atoms with E-state index in [0.29, 0.717) is 12.2 Å². The maximum atomic E-state index is 12.8. The average molecular weight is 246 g/mol. The second-order valence-corrected chi connectivity index (χ2v) is 4.67. The summed E-state index contributed by atoms with van der Waals surface area (Å²) in [6.45, 7) is 1.55. The van der Waals surface area contributed by atoms with Gasteiger partial charge in [-0.05, 0) is 31.8 Å². The summed E-state index contributed by atoms with van der Waals surface area (Å²) >= 11 is 0. The molecule has 0 spiro atoms. The summed E-state index contributed by atoms with van der Waals surface area (Å²) in [5.41, 5.74) is 0. The van der Waals surface area contributed by atoms with E-state index in [2.05, 4.69) is 15.5 Å². The molecule has 4 nitrogen and oxygen atoms in total. The largest absolute Gasteiger partial charge is 0.451 e. The van der Waals surface area contributed by atoms with Crippen LogP contribution in [0.25, 0.3) is 0 Å². The van der Waals surface area contributed by atoms with E-state index in [1.54, 1.807) is 0 Å². The van der Waals surface area contributed by atoms with Gasteiger partial charge in [0.1, 0.15) is 5.82 Å². The number of nitrogens with zero attached hydrogens (tertiary/aromatic N) is 3. The van der Waals surface area contributed by atoms with Crippen molar-refractivity contribution in [2.45, 2.75) is 31.5 Å². The fourth-order valence-electron chi connectivity index (χ4n) is 2.89. The summed E-state index contributed by atoms with van der Waals surface area (Å²) in [6, 6.07) is -0.0911. The van der Waals surface area contributed by atoms with E-state index in [-0.39, 0.29) is 12.0 Å². The first-order chi connectivity index (χ1) is 8.07. The number of piperidine rings is 1. The number of alkyl halides is 3. The first kappa shape index (κ1) is 11.0. The van der Waals surface area contributed by atoms with E-state index in [1.165, 1.54) is 4.57 Å². The van der Waals surface area contributed by atoms with Gasteiger partial charge in [-0.2, -0.15) is 13.2 Å². The van der Waals surface area contributed by atoms with Crippen LogP contribution in [0.2, 0.25) is 0 Å². The van der Waals surface area contributed by atoms with Gasteiger partial charge in [-0.3, -0.25) is 0 Å². The highest BCUT2D eigenvalue weighted by molar-refractivity contribution is 5.08. The molecule has 2 atom stereocenters. The van der Waals surface area contributed by atoms with Crippen molar-refractivity contribution in [2.24, 2.45) is 5.92 Å². The van der Waals surface area contributed by atoms with Crippen molar-refractivity contribution in [3.63, 3.8) is 0 Å². The molecule has 0 radical (unpaired) electrons. The third-order valence-corrected chi connectivity index (χ3v) is 3.66. The molecule has 3 rings (SSSR count). The zero-order valence-corrected chi connectivity index (χ0v) is 9.17. The fraction of sp³-hybridized carbons (Fsp3) is 0.800. The Morgan fingerprint density at radius 3 is 2.82 bits per heavy atom. The van der Waals surface area contributed by atoms with Gasteiger partial charge in [-0.1, -0.05) is 0 Å². The van der Waals surface area contributed by atoms with Crippen molar-refractivity contribution in [2.75, 3.05) is 13.1 Å². The summed E-state index contributed by atoms with van der Waals surface area (Å²) in [5, 5.41) is 10.2. The van der Waals surface area contributed by atoms with Gasteiger partial charge in [-0.15, -0.1) is 10.2 Å². The standard InChI is InChI=1S/C10H13F3N4/c11-10(12,13)9-16-15-8-2-1-6-5-14-4-3-7(6)17(8)9/h6-7,14H,1-5H2/t6-,7+/m0/s1. The fourth-order valence-corrected chi connectivity index (χ4v) is 2.89. The summed E-state index contributed by atoms with van der Waals surface area (Å²) in [5.74, 6) is -0.0714. The third-order valence-electron chi connectivity index (χ3n) is 3.66. The summed E-state index contributed by atoms with van der Waals surface area (Å²) in [4.78, 5) is 0. The summed E-state index contributed by atoms with van der Waals surface area (Å²) in [6.07, 6.45) is -2.20. The van der Waals surface area contributed by atoms with Gasteiger partial charge < -0.3 is 9.88 Å². The van der Waals surface area contributed by atoms with Crippen LogP contribution in [-0.2, 0) is 12.6 Å². The summed E-state index contributed by atoms with van der Waals surface area (Å²) in [7, 11) is 0. The van der Waals surface area contributed by atoms with E-state index in [0.717, 1.165) is 25.9 Å². The molecule has 2 aliphatic rings. The Morgan fingerprint density at radius 1 is 1.24 bits per heavy atom. The van der Waals surface area contributed by atoms with Crippen LogP contribution in [0.3, 0.4) is 0 Å². The highest BCUT2D eigenvalue weighted by atomic mass is 19.4. The predicted octanol–water partition coefficient (Wildman–Crippen LogP) is 1.39. The minimum atomic E-state index is -4.40. The van der Waals surface area contributed by atoms with Gasteiger partial charge >= 0.3 is 6.18 Å². The van der Waals surface area contributed by atoms with Crippen LogP contribution < -0.4 is 5.32 Å². The smallest absolute Gasteiger partial charge is 0.316 e. The van der Waals surface area contributed by atoms with Crippen LogP contribution >= 0.6 is 0 Å². The Bertz CT molecular complexity index is 426. The monoisotopic (exact) mass is 246 g/mol. The zero-order valence-electron chi connectivity index (χ0n) is 9.17. The topological polar surface area (TPSA) is 42.7 Å². The molecule has 0 amide bonds. The molecule has 0 unspecified atom stereocenters. The van der Waals surface area contributed by atoms with Gasteiger partial charge in [-0.25, -0.2) is 0 Å². The molecular formula is C10H13F3N4. The molecule has 0 aliphatic carbocycles.